The van der Waals surface area contributed by atoms with Crippen LogP contribution in [0.4, 0.5) is 0 Å². The predicted octanol–water partition coefficient (Wildman–Crippen LogP) is 3.51. The molecule has 0 radical (unpaired) electrons. The molecule has 0 atom stereocenters. The van der Waals surface area contributed by atoms with Gasteiger partial charge in [0.2, 0.25) is 5.91 Å². The van der Waals surface area contributed by atoms with Crippen LogP contribution in [0, 0.1) is 12.8 Å². The van der Waals surface area contributed by atoms with Crippen molar-refractivity contribution in [2.45, 2.75) is 39.0 Å². The molecular formula is C22H27N3O3. The van der Waals surface area contributed by atoms with Gasteiger partial charge in [-0.2, -0.15) is 0 Å². The van der Waals surface area contributed by atoms with Crippen LogP contribution < -0.4 is 0 Å². The molecular weight excluding hydrogens is 354 g/mol. The zero-order valence-corrected chi connectivity index (χ0v) is 16.4. The number of likely N-dealkylation sites (tertiary alicyclic amines) is 2. The van der Waals surface area contributed by atoms with Crippen LogP contribution in [0.25, 0.3) is 11.3 Å². The fourth-order valence-corrected chi connectivity index (χ4v) is 4.25. The molecule has 148 valence electrons. The number of piperidine rings is 2. The maximum atomic E-state index is 13.2. The minimum absolute atomic E-state index is 0.00916. The molecule has 0 spiro atoms. The monoisotopic (exact) mass is 381 g/mol. The van der Waals surface area contributed by atoms with Crippen LogP contribution in [-0.4, -0.2) is 52.9 Å². The SMILES string of the molecule is Cc1noc(-c2ccccc2)c1C(=O)N1CCC(CN2CCCCC2=O)CC1. The Hall–Kier alpha value is -2.63. The highest BCUT2D eigenvalue weighted by Gasteiger charge is 2.30. The molecule has 6 heteroatoms. The lowest BCUT2D eigenvalue weighted by molar-refractivity contribution is -0.134. The number of nitrogens with zero attached hydrogens (tertiary/aromatic N) is 3. The highest BCUT2D eigenvalue weighted by atomic mass is 16.5. The summed E-state index contributed by atoms with van der Waals surface area (Å²) in [6.07, 6.45) is 4.68. The van der Waals surface area contributed by atoms with Crippen molar-refractivity contribution in [1.29, 1.82) is 0 Å². The first kappa shape index (κ1) is 18.7. The number of aryl methyl sites for hydroxylation is 1. The van der Waals surface area contributed by atoms with Crippen LogP contribution in [0.3, 0.4) is 0 Å². The second kappa shape index (κ2) is 8.17. The number of hydrogen-bond donors (Lipinski definition) is 0. The van der Waals surface area contributed by atoms with Crippen molar-refractivity contribution in [1.82, 2.24) is 15.0 Å². The van der Waals surface area contributed by atoms with Gasteiger partial charge in [0.1, 0.15) is 5.56 Å². The van der Waals surface area contributed by atoms with E-state index >= 15 is 0 Å². The third kappa shape index (κ3) is 3.81. The summed E-state index contributed by atoms with van der Waals surface area (Å²) < 4.78 is 5.49. The summed E-state index contributed by atoms with van der Waals surface area (Å²) in [5.41, 5.74) is 2.06. The standard InChI is InChI=1S/C22H27N3O3/c1-16-20(21(28-23-16)18-7-3-2-4-8-18)22(27)24-13-10-17(11-14-24)15-25-12-6-5-9-19(25)26/h2-4,7-8,17H,5-6,9-15H2,1H3. The van der Waals surface area contributed by atoms with E-state index in [1.807, 2.05) is 47.1 Å². The van der Waals surface area contributed by atoms with E-state index in [4.69, 9.17) is 4.52 Å². The maximum absolute atomic E-state index is 13.2. The molecule has 2 aliphatic rings. The molecule has 0 unspecified atom stereocenters. The second-order valence-corrected chi connectivity index (χ2v) is 7.87. The number of carbonyl (C=O) groups excluding carboxylic acids is 2. The van der Waals surface area contributed by atoms with Crippen molar-refractivity contribution in [3.05, 3.63) is 41.6 Å². The predicted molar refractivity (Wildman–Crippen MR) is 106 cm³/mol. The molecule has 0 aliphatic carbocycles. The molecule has 6 nitrogen and oxygen atoms in total. The molecule has 0 N–H and O–H groups in total. The van der Waals surface area contributed by atoms with E-state index in [9.17, 15) is 9.59 Å². The molecule has 2 aliphatic heterocycles. The van der Waals surface area contributed by atoms with Gasteiger partial charge in [0.25, 0.3) is 5.91 Å². The number of rotatable bonds is 4. The Morgan fingerprint density at radius 3 is 2.61 bits per heavy atom. The summed E-state index contributed by atoms with van der Waals surface area (Å²) in [5, 5.41) is 4.04. The van der Waals surface area contributed by atoms with E-state index in [1.165, 1.54) is 0 Å². The van der Waals surface area contributed by atoms with Gasteiger partial charge in [0.05, 0.1) is 5.69 Å². The van der Waals surface area contributed by atoms with Crippen LogP contribution >= 0.6 is 0 Å². The highest BCUT2D eigenvalue weighted by molar-refractivity contribution is 6.00. The Labute approximate surface area is 165 Å². The molecule has 1 aromatic heterocycles. The van der Waals surface area contributed by atoms with Crippen molar-refractivity contribution in [3.8, 4) is 11.3 Å². The van der Waals surface area contributed by atoms with E-state index in [-0.39, 0.29) is 11.8 Å². The average Bonchev–Trinajstić information content (AvgIpc) is 3.12. The van der Waals surface area contributed by atoms with Crippen LogP contribution in [0.5, 0.6) is 0 Å². The van der Waals surface area contributed by atoms with Crippen LogP contribution in [0.15, 0.2) is 34.9 Å². The van der Waals surface area contributed by atoms with Crippen molar-refractivity contribution in [2.75, 3.05) is 26.2 Å². The van der Waals surface area contributed by atoms with E-state index in [0.717, 1.165) is 44.3 Å². The van der Waals surface area contributed by atoms with Crippen LogP contribution in [0.2, 0.25) is 0 Å². The Balaban J connectivity index is 1.41. The van der Waals surface area contributed by atoms with E-state index in [2.05, 4.69) is 5.16 Å². The molecule has 28 heavy (non-hydrogen) atoms. The minimum Gasteiger partial charge on any atom is -0.355 e. The smallest absolute Gasteiger partial charge is 0.259 e. The quantitative estimate of drug-likeness (QED) is 0.813. The first-order valence-corrected chi connectivity index (χ1v) is 10.2. The molecule has 0 saturated carbocycles. The third-order valence-electron chi connectivity index (χ3n) is 5.91. The van der Waals surface area contributed by atoms with Gasteiger partial charge in [0, 0.05) is 38.2 Å². The topological polar surface area (TPSA) is 66.7 Å². The van der Waals surface area contributed by atoms with Gasteiger partial charge >= 0.3 is 0 Å². The normalized spacial score (nSPS) is 18.5. The Morgan fingerprint density at radius 2 is 1.89 bits per heavy atom. The van der Waals surface area contributed by atoms with Gasteiger partial charge < -0.3 is 14.3 Å². The van der Waals surface area contributed by atoms with Gasteiger partial charge in [0.15, 0.2) is 5.76 Å². The second-order valence-electron chi connectivity index (χ2n) is 7.87. The lowest BCUT2D eigenvalue weighted by Gasteiger charge is -2.36. The lowest BCUT2D eigenvalue weighted by Crippen LogP contribution is -2.44. The van der Waals surface area contributed by atoms with Crippen LogP contribution in [0.1, 0.15) is 48.2 Å². The van der Waals surface area contributed by atoms with E-state index < -0.39 is 0 Å². The van der Waals surface area contributed by atoms with Gasteiger partial charge in [-0.15, -0.1) is 0 Å². The number of benzene rings is 1. The van der Waals surface area contributed by atoms with Crippen molar-refractivity contribution in [2.24, 2.45) is 5.92 Å². The minimum atomic E-state index is -0.00916. The molecule has 0 bridgehead atoms. The fraction of sp³-hybridized carbons (Fsp3) is 0.500. The molecule has 2 fully saturated rings. The lowest BCUT2D eigenvalue weighted by atomic mass is 9.94. The summed E-state index contributed by atoms with van der Waals surface area (Å²) in [6.45, 7) is 4.97. The van der Waals surface area contributed by atoms with Crippen molar-refractivity contribution >= 4 is 11.8 Å². The summed E-state index contributed by atoms with van der Waals surface area (Å²) >= 11 is 0. The van der Waals surface area contributed by atoms with E-state index in [0.29, 0.717) is 42.4 Å². The van der Waals surface area contributed by atoms with Crippen molar-refractivity contribution < 1.29 is 14.1 Å². The third-order valence-corrected chi connectivity index (χ3v) is 5.91. The fourth-order valence-electron chi connectivity index (χ4n) is 4.25. The van der Waals surface area contributed by atoms with Gasteiger partial charge in [-0.1, -0.05) is 35.5 Å². The van der Waals surface area contributed by atoms with Crippen LogP contribution in [-0.2, 0) is 4.79 Å². The molecule has 2 saturated heterocycles. The number of carbonyl (C=O) groups is 2. The number of hydrogen-bond acceptors (Lipinski definition) is 4. The van der Waals surface area contributed by atoms with Gasteiger partial charge in [-0.05, 0) is 38.5 Å². The molecule has 1 aromatic carbocycles. The average molecular weight is 381 g/mol. The zero-order valence-electron chi connectivity index (χ0n) is 16.4. The van der Waals surface area contributed by atoms with Crippen molar-refractivity contribution in [3.63, 3.8) is 0 Å². The van der Waals surface area contributed by atoms with Gasteiger partial charge in [-0.3, -0.25) is 9.59 Å². The summed E-state index contributed by atoms with van der Waals surface area (Å²) in [5.74, 6) is 1.30. The van der Waals surface area contributed by atoms with Gasteiger partial charge in [-0.25, -0.2) is 0 Å². The molecule has 4 rings (SSSR count). The summed E-state index contributed by atoms with van der Waals surface area (Å²) in [4.78, 5) is 29.2. The Bertz CT molecular complexity index is 838. The highest BCUT2D eigenvalue weighted by Crippen LogP contribution is 2.29. The maximum Gasteiger partial charge on any atom is 0.259 e. The summed E-state index contributed by atoms with van der Waals surface area (Å²) in [7, 11) is 0. The van der Waals surface area contributed by atoms with E-state index in [1.54, 1.807) is 0 Å². The largest absolute Gasteiger partial charge is 0.355 e. The Kier molecular flexibility index (Phi) is 5.46. The first-order valence-electron chi connectivity index (χ1n) is 10.2. The molecule has 3 heterocycles. The molecule has 2 amide bonds. The number of aromatic nitrogens is 1. The summed E-state index contributed by atoms with van der Waals surface area (Å²) in [6, 6.07) is 9.65. The molecule has 2 aromatic rings. The first-order chi connectivity index (χ1) is 13.6. The zero-order chi connectivity index (χ0) is 19.5. The Morgan fingerprint density at radius 1 is 1.14 bits per heavy atom. The number of amides is 2.